The standard InChI is InChI=1S/C17H19F2N3O/c18-15(19)17-21-13-5-2-1-4-11(13)16(22-17)20-12-6-3-7-14-10(12)8-9-23-14/h1-2,4-5,10,12,14-15H,3,6-9H2,(H,20,21,22). The number of nitrogens with zero attached hydrogens (tertiary/aromatic N) is 2. The smallest absolute Gasteiger partial charge is 0.297 e. The zero-order valence-corrected chi connectivity index (χ0v) is 12.7. The molecule has 1 aliphatic carbocycles. The van der Waals surface area contributed by atoms with Crippen LogP contribution < -0.4 is 5.32 Å². The predicted molar refractivity (Wildman–Crippen MR) is 83.6 cm³/mol. The second-order valence-corrected chi connectivity index (χ2v) is 6.29. The summed E-state index contributed by atoms with van der Waals surface area (Å²) in [5.74, 6) is 0.539. The third kappa shape index (κ3) is 2.76. The summed E-state index contributed by atoms with van der Waals surface area (Å²) in [6, 6.07) is 7.52. The lowest BCUT2D eigenvalue weighted by Crippen LogP contribution is -2.38. The molecule has 1 aliphatic heterocycles. The predicted octanol–water partition coefficient (Wildman–Crippen LogP) is 3.94. The Morgan fingerprint density at radius 3 is 2.87 bits per heavy atom. The summed E-state index contributed by atoms with van der Waals surface area (Å²) in [7, 11) is 0. The minimum absolute atomic E-state index is 0.222. The Kier molecular flexibility index (Phi) is 3.85. The normalized spacial score (nSPS) is 27.3. The summed E-state index contributed by atoms with van der Waals surface area (Å²) in [6.45, 7) is 0.792. The van der Waals surface area contributed by atoms with E-state index in [2.05, 4.69) is 15.3 Å². The van der Waals surface area contributed by atoms with E-state index in [9.17, 15) is 8.78 Å². The highest BCUT2D eigenvalue weighted by Crippen LogP contribution is 2.36. The molecule has 1 N–H and O–H groups in total. The number of rotatable bonds is 3. The molecular formula is C17H19F2N3O. The zero-order chi connectivity index (χ0) is 15.8. The molecule has 2 heterocycles. The Labute approximate surface area is 133 Å². The minimum atomic E-state index is -2.67. The Hall–Kier alpha value is -1.82. The van der Waals surface area contributed by atoms with Crippen molar-refractivity contribution in [3.05, 3.63) is 30.1 Å². The molecule has 122 valence electrons. The number of hydrogen-bond donors (Lipinski definition) is 1. The van der Waals surface area contributed by atoms with Crippen molar-refractivity contribution in [3.8, 4) is 0 Å². The fourth-order valence-corrected chi connectivity index (χ4v) is 3.83. The van der Waals surface area contributed by atoms with Gasteiger partial charge in [-0.1, -0.05) is 12.1 Å². The van der Waals surface area contributed by atoms with Gasteiger partial charge in [-0.15, -0.1) is 0 Å². The number of halogens is 2. The van der Waals surface area contributed by atoms with Crippen molar-refractivity contribution in [2.24, 2.45) is 5.92 Å². The quantitative estimate of drug-likeness (QED) is 0.931. The molecule has 1 aromatic carbocycles. The Morgan fingerprint density at radius 2 is 2.00 bits per heavy atom. The van der Waals surface area contributed by atoms with Gasteiger partial charge in [0.2, 0.25) is 0 Å². The van der Waals surface area contributed by atoms with Gasteiger partial charge >= 0.3 is 0 Å². The number of alkyl halides is 2. The highest BCUT2D eigenvalue weighted by Gasteiger charge is 2.38. The van der Waals surface area contributed by atoms with E-state index >= 15 is 0 Å². The van der Waals surface area contributed by atoms with Crippen LogP contribution in [-0.2, 0) is 4.74 Å². The second-order valence-electron chi connectivity index (χ2n) is 6.29. The van der Waals surface area contributed by atoms with Gasteiger partial charge in [0.25, 0.3) is 6.43 Å². The summed E-state index contributed by atoms with van der Waals surface area (Å²) in [5, 5.41) is 4.22. The van der Waals surface area contributed by atoms with E-state index in [0.717, 1.165) is 37.7 Å². The highest BCUT2D eigenvalue weighted by atomic mass is 19.3. The van der Waals surface area contributed by atoms with Gasteiger partial charge in [-0.05, 0) is 37.8 Å². The van der Waals surface area contributed by atoms with Crippen LogP contribution >= 0.6 is 0 Å². The van der Waals surface area contributed by atoms with Gasteiger partial charge in [0.1, 0.15) is 5.82 Å². The highest BCUT2D eigenvalue weighted by molar-refractivity contribution is 5.89. The van der Waals surface area contributed by atoms with Crippen LogP contribution in [0, 0.1) is 5.92 Å². The second kappa shape index (κ2) is 6.00. The van der Waals surface area contributed by atoms with Crippen molar-refractivity contribution in [3.63, 3.8) is 0 Å². The molecule has 0 amide bonds. The van der Waals surface area contributed by atoms with Crippen LogP contribution in [0.15, 0.2) is 24.3 Å². The number of ether oxygens (including phenoxy) is 1. The Morgan fingerprint density at radius 1 is 1.13 bits per heavy atom. The molecule has 2 aliphatic rings. The van der Waals surface area contributed by atoms with Crippen LogP contribution in [0.5, 0.6) is 0 Å². The molecule has 1 aromatic heterocycles. The van der Waals surface area contributed by atoms with E-state index in [1.165, 1.54) is 0 Å². The van der Waals surface area contributed by atoms with E-state index in [1.54, 1.807) is 12.1 Å². The summed E-state index contributed by atoms with van der Waals surface area (Å²) >= 11 is 0. The van der Waals surface area contributed by atoms with Gasteiger partial charge in [0.15, 0.2) is 5.82 Å². The number of fused-ring (bicyclic) bond motifs is 2. The van der Waals surface area contributed by atoms with Crippen LogP contribution in [0.3, 0.4) is 0 Å². The van der Waals surface area contributed by atoms with Crippen molar-refractivity contribution in [1.29, 1.82) is 0 Å². The SMILES string of the molecule is FC(F)c1nc(NC2CCCC3OCCC23)c2ccccc2n1. The molecule has 0 bridgehead atoms. The summed E-state index contributed by atoms with van der Waals surface area (Å²) in [4.78, 5) is 8.06. The molecule has 3 unspecified atom stereocenters. The van der Waals surface area contributed by atoms with Crippen LogP contribution in [0.2, 0.25) is 0 Å². The van der Waals surface area contributed by atoms with Crippen molar-refractivity contribution in [1.82, 2.24) is 9.97 Å². The molecule has 4 rings (SSSR count). The largest absolute Gasteiger partial charge is 0.378 e. The van der Waals surface area contributed by atoms with Gasteiger partial charge in [-0.25, -0.2) is 18.7 Å². The van der Waals surface area contributed by atoms with Gasteiger partial charge in [0, 0.05) is 24.0 Å². The number of anilines is 1. The maximum Gasteiger partial charge on any atom is 0.297 e. The van der Waals surface area contributed by atoms with Crippen molar-refractivity contribution in [2.75, 3.05) is 11.9 Å². The van der Waals surface area contributed by atoms with E-state index in [0.29, 0.717) is 23.4 Å². The van der Waals surface area contributed by atoms with Gasteiger partial charge in [-0.2, -0.15) is 0 Å². The topological polar surface area (TPSA) is 47.0 Å². The first-order chi connectivity index (χ1) is 11.2. The number of hydrogen-bond acceptors (Lipinski definition) is 4. The monoisotopic (exact) mass is 319 g/mol. The fraction of sp³-hybridized carbons (Fsp3) is 0.529. The third-order valence-corrected chi connectivity index (χ3v) is 4.92. The average molecular weight is 319 g/mol. The van der Waals surface area contributed by atoms with Crippen molar-refractivity contribution >= 4 is 16.7 Å². The molecule has 23 heavy (non-hydrogen) atoms. The van der Waals surface area contributed by atoms with Gasteiger partial charge in [0.05, 0.1) is 11.6 Å². The van der Waals surface area contributed by atoms with Crippen LogP contribution in [-0.4, -0.2) is 28.7 Å². The maximum absolute atomic E-state index is 13.1. The molecule has 6 heteroatoms. The number of aromatic nitrogens is 2. The minimum Gasteiger partial charge on any atom is -0.378 e. The summed E-state index contributed by atoms with van der Waals surface area (Å²) < 4.78 is 32.0. The number of benzene rings is 1. The summed E-state index contributed by atoms with van der Waals surface area (Å²) in [6.07, 6.45) is 1.84. The van der Waals surface area contributed by atoms with Crippen LogP contribution in [0.25, 0.3) is 10.9 Å². The van der Waals surface area contributed by atoms with Gasteiger partial charge in [-0.3, -0.25) is 0 Å². The molecule has 1 saturated carbocycles. The first-order valence-corrected chi connectivity index (χ1v) is 8.15. The van der Waals surface area contributed by atoms with Gasteiger partial charge < -0.3 is 10.1 Å². The average Bonchev–Trinajstić information content (AvgIpc) is 3.04. The Balaban J connectivity index is 1.70. The van der Waals surface area contributed by atoms with E-state index in [4.69, 9.17) is 4.74 Å². The Bertz CT molecular complexity index is 709. The van der Waals surface area contributed by atoms with Crippen LogP contribution in [0.1, 0.15) is 37.9 Å². The molecular weight excluding hydrogens is 300 g/mol. The molecule has 0 radical (unpaired) electrons. The molecule has 2 fully saturated rings. The van der Waals surface area contributed by atoms with E-state index in [1.807, 2.05) is 12.1 Å². The lowest BCUT2D eigenvalue weighted by atomic mass is 9.82. The molecule has 0 spiro atoms. The number of para-hydroxylation sites is 1. The first-order valence-electron chi connectivity index (χ1n) is 8.15. The lowest BCUT2D eigenvalue weighted by molar-refractivity contribution is 0.0619. The summed E-state index contributed by atoms with van der Waals surface area (Å²) in [5.41, 5.74) is 0.551. The van der Waals surface area contributed by atoms with E-state index in [-0.39, 0.29) is 6.04 Å². The fourth-order valence-electron chi connectivity index (χ4n) is 3.83. The van der Waals surface area contributed by atoms with E-state index < -0.39 is 12.2 Å². The molecule has 2 aromatic rings. The molecule has 3 atom stereocenters. The van der Waals surface area contributed by atoms with Crippen molar-refractivity contribution < 1.29 is 13.5 Å². The van der Waals surface area contributed by atoms with Crippen LogP contribution in [0.4, 0.5) is 14.6 Å². The maximum atomic E-state index is 13.1. The molecule has 4 nitrogen and oxygen atoms in total. The third-order valence-electron chi connectivity index (χ3n) is 4.92. The first kappa shape index (κ1) is 14.8. The van der Waals surface area contributed by atoms with Crippen molar-refractivity contribution in [2.45, 2.75) is 44.3 Å². The lowest BCUT2D eigenvalue weighted by Gasteiger charge is -2.33. The zero-order valence-electron chi connectivity index (χ0n) is 12.7. The molecule has 1 saturated heterocycles. The number of nitrogens with one attached hydrogen (secondary N) is 1.